The lowest BCUT2D eigenvalue weighted by atomic mass is 10.0. The van der Waals surface area contributed by atoms with E-state index in [2.05, 4.69) is 19.2 Å². The van der Waals surface area contributed by atoms with Crippen LogP contribution in [0.5, 0.6) is 0 Å². The maximum absolute atomic E-state index is 12.6. The molecule has 1 rings (SSSR count). The molecule has 5 heteroatoms. The second-order valence-corrected chi connectivity index (χ2v) is 4.82. The average molecular weight is 258 g/mol. The molecule has 0 aliphatic carbocycles. The zero-order valence-electron chi connectivity index (χ0n) is 11.9. The quantitative estimate of drug-likeness (QED) is 0.722. The van der Waals surface area contributed by atoms with Crippen molar-refractivity contribution in [2.24, 2.45) is 5.92 Å². The lowest BCUT2D eigenvalue weighted by Gasteiger charge is -2.32. The van der Waals surface area contributed by atoms with E-state index >= 15 is 0 Å². The molecule has 0 bridgehead atoms. The van der Waals surface area contributed by atoms with Crippen molar-refractivity contribution in [3.63, 3.8) is 0 Å². The minimum absolute atomic E-state index is 0.0687. The third-order valence-electron chi connectivity index (χ3n) is 3.71. The van der Waals surface area contributed by atoms with Gasteiger partial charge in [0.1, 0.15) is 0 Å². The maximum atomic E-state index is 12.6. The fourth-order valence-corrected chi connectivity index (χ4v) is 2.25. The fraction of sp³-hybridized carbons (Fsp3) is 0.923. The highest BCUT2D eigenvalue weighted by atomic mass is 16.5. The van der Waals surface area contributed by atoms with Gasteiger partial charge in [-0.15, -0.1) is 0 Å². The largest absolute Gasteiger partial charge is 0.383 e. The van der Waals surface area contributed by atoms with Crippen LogP contribution in [0, 0.1) is 5.92 Å². The predicted octanol–water partition coefficient (Wildman–Crippen LogP) is 0.494. The Balaban J connectivity index is 2.68. The first-order valence-electron chi connectivity index (χ1n) is 6.70. The normalized spacial score (nSPS) is 25.1. The highest BCUT2D eigenvalue weighted by Crippen LogP contribution is 2.18. The number of carbonyl (C=O) groups excluding carboxylic acids is 1. The molecule has 0 radical (unpaired) electrons. The van der Waals surface area contributed by atoms with Crippen LogP contribution in [0.4, 0.5) is 0 Å². The van der Waals surface area contributed by atoms with E-state index in [0.717, 1.165) is 6.42 Å². The van der Waals surface area contributed by atoms with Crippen molar-refractivity contribution in [1.82, 2.24) is 10.2 Å². The Morgan fingerprint density at radius 3 is 2.83 bits per heavy atom. The van der Waals surface area contributed by atoms with Gasteiger partial charge in [-0.05, 0) is 20.4 Å². The monoisotopic (exact) mass is 258 g/mol. The van der Waals surface area contributed by atoms with Crippen molar-refractivity contribution in [1.29, 1.82) is 0 Å². The number of nitrogens with one attached hydrogen (secondary N) is 1. The van der Waals surface area contributed by atoms with Crippen LogP contribution in [-0.2, 0) is 14.3 Å². The van der Waals surface area contributed by atoms with Crippen LogP contribution in [0.2, 0.25) is 0 Å². The zero-order valence-corrected chi connectivity index (χ0v) is 11.9. The summed E-state index contributed by atoms with van der Waals surface area (Å²) in [6.07, 6.45) is 0.952. The molecule has 0 aromatic carbocycles. The topological polar surface area (TPSA) is 50.8 Å². The number of methoxy groups -OCH3 is 1. The van der Waals surface area contributed by atoms with Gasteiger partial charge in [-0.25, -0.2) is 0 Å². The molecule has 1 fully saturated rings. The first-order valence-corrected chi connectivity index (χ1v) is 6.70. The van der Waals surface area contributed by atoms with Crippen molar-refractivity contribution in [3.8, 4) is 0 Å². The van der Waals surface area contributed by atoms with Gasteiger partial charge in [0.15, 0.2) is 0 Å². The molecular weight excluding hydrogens is 232 g/mol. The molecule has 3 atom stereocenters. The number of hydrogen-bond donors (Lipinski definition) is 1. The van der Waals surface area contributed by atoms with Crippen LogP contribution in [-0.4, -0.2) is 63.4 Å². The summed E-state index contributed by atoms with van der Waals surface area (Å²) >= 11 is 0. The van der Waals surface area contributed by atoms with Crippen LogP contribution in [0.15, 0.2) is 0 Å². The number of carbonyl (C=O) groups is 1. The van der Waals surface area contributed by atoms with E-state index in [0.29, 0.717) is 26.4 Å². The molecule has 5 nitrogen and oxygen atoms in total. The van der Waals surface area contributed by atoms with Crippen molar-refractivity contribution >= 4 is 5.91 Å². The fourth-order valence-electron chi connectivity index (χ4n) is 2.25. The highest BCUT2D eigenvalue weighted by Gasteiger charge is 2.36. The third-order valence-corrected chi connectivity index (χ3v) is 3.71. The number of rotatable bonds is 7. The summed E-state index contributed by atoms with van der Waals surface area (Å²) in [4.78, 5) is 14.5. The van der Waals surface area contributed by atoms with Gasteiger partial charge < -0.3 is 19.7 Å². The van der Waals surface area contributed by atoms with Crippen LogP contribution in [0.25, 0.3) is 0 Å². The number of amides is 1. The van der Waals surface area contributed by atoms with E-state index in [1.54, 1.807) is 7.11 Å². The summed E-state index contributed by atoms with van der Waals surface area (Å²) in [7, 11) is 3.54. The van der Waals surface area contributed by atoms with Crippen molar-refractivity contribution in [2.45, 2.75) is 32.4 Å². The van der Waals surface area contributed by atoms with Gasteiger partial charge in [-0.1, -0.05) is 6.92 Å². The average Bonchev–Trinajstić information content (AvgIpc) is 2.86. The summed E-state index contributed by atoms with van der Waals surface area (Å²) < 4.78 is 10.5. The van der Waals surface area contributed by atoms with Gasteiger partial charge in [0.2, 0.25) is 5.91 Å². The van der Waals surface area contributed by atoms with Gasteiger partial charge in [-0.3, -0.25) is 4.79 Å². The molecule has 3 unspecified atom stereocenters. The molecule has 1 amide bonds. The molecule has 0 aromatic rings. The maximum Gasteiger partial charge on any atom is 0.230 e. The highest BCUT2D eigenvalue weighted by molar-refractivity contribution is 5.80. The van der Waals surface area contributed by atoms with E-state index in [9.17, 15) is 4.79 Å². The summed E-state index contributed by atoms with van der Waals surface area (Å²) in [5, 5.41) is 3.16. The second-order valence-electron chi connectivity index (χ2n) is 4.82. The molecule has 0 spiro atoms. The predicted molar refractivity (Wildman–Crippen MR) is 70.5 cm³/mol. The molecule has 1 heterocycles. The molecular formula is C13H26N2O3. The molecule has 106 valence electrons. The van der Waals surface area contributed by atoms with Crippen LogP contribution < -0.4 is 5.32 Å². The van der Waals surface area contributed by atoms with Gasteiger partial charge in [0.25, 0.3) is 0 Å². The second kappa shape index (κ2) is 7.71. The summed E-state index contributed by atoms with van der Waals surface area (Å²) in [5.41, 5.74) is 0. The molecule has 0 saturated carbocycles. The Bertz CT molecular complexity index is 261. The van der Waals surface area contributed by atoms with Crippen molar-refractivity contribution < 1.29 is 14.3 Å². The Hall–Kier alpha value is -0.650. The standard InChI is InChI=1S/C13H26N2O3/c1-5-10(2)15(6-7-17-4)13(16)11-8-18-9-12(11)14-3/h10-12,14H,5-9H2,1-4H3. The Morgan fingerprint density at radius 2 is 2.28 bits per heavy atom. The van der Waals surface area contributed by atoms with E-state index < -0.39 is 0 Å². The zero-order chi connectivity index (χ0) is 13.5. The molecule has 1 saturated heterocycles. The number of likely N-dealkylation sites (N-methyl/N-ethyl adjacent to an activating group) is 1. The Morgan fingerprint density at radius 1 is 1.56 bits per heavy atom. The number of nitrogens with zero attached hydrogens (tertiary/aromatic N) is 1. The van der Waals surface area contributed by atoms with E-state index in [-0.39, 0.29) is 23.9 Å². The van der Waals surface area contributed by atoms with E-state index in [1.165, 1.54) is 0 Å². The van der Waals surface area contributed by atoms with Gasteiger partial charge in [0.05, 0.1) is 25.7 Å². The summed E-state index contributed by atoms with van der Waals surface area (Å²) in [6, 6.07) is 0.373. The van der Waals surface area contributed by atoms with E-state index in [1.807, 2.05) is 11.9 Å². The smallest absolute Gasteiger partial charge is 0.230 e. The molecule has 0 aromatic heterocycles. The third kappa shape index (κ3) is 3.67. The summed E-state index contributed by atoms with van der Waals surface area (Å²) in [6.45, 7) is 6.54. The Kier molecular flexibility index (Phi) is 6.60. The van der Waals surface area contributed by atoms with Crippen molar-refractivity contribution in [3.05, 3.63) is 0 Å². The van der Waals surface area contributed by atoms with Crippen LogP contribution in [0.3, 0.4) is 0 Å². The van der Waals surface area contributed by atoms with Gasteiger partial charge >= 0.3 is 0 Å². The van der Waals surface area contributed by atoms with E-state index in [4.69, 9.17) is 9.47 Å². The molecule has 1 N–H and O–H groups in total. The lowest BCUT2D eigenvalue weighted by molar-refractivity contribution is -0.138. The van der Waals surface area contributed by atoms with Gasteiger partial charge in [-0.2, -0.15) is 0 Å². The minimum Gasteiger partial charge on any atom is -0.383 e. The summed E-state index contributed by atoms with van der Waals surface area (Å²) in [5.74, 6) is 0.110. The Labute approximate surface area is 110 Å². The SMILES string of the molecule is CCC(C)N(CCOC)C(=O)C1COCC1NC. The van der Waals surface area contributed by atoms with Crippen molar-refractivity contribution in [2.75, 3.05) is 40.5 Å². The number of hydrogen-bond acceptors (Lipinski definition) is 4. The number of ether oxygens (including phenoxy) is 2. The first-order chi connectivity index (χ1) is 8.65. The molecule has 18 heavy (non-hydrogen) atoms. The van der Waals surface area contributed by atoms with Crippen LogP contribution in [0.1, 0.15) is 20.3 Å². The minimum atomic E-state index is -0.0687. The van der Waals surface area contributed by atoms with Crippen LogP contribution >= 0.6 is 0 Å². The lowest BCUT2D eigenvalue weighted by Crippen LogP contribution is -2.48. The first kappa shape index (κ1) is 15.4. The van der Waals surface area contributed by atoms with Gasteiger partial charge in [0, 0.05) is 25.7 Å². The molecule has 1 aliphatic rings. The molecule has 1 aliphatic heterocycles.